The number of nitrogens with two attached hydrogens (primary N) is 2. The average Bonchev–Trinajstić information content (AvgIpc) is 2.05. The van der Waals surface area contributed by atoms with Crippen molar-refractivity contribution in [3.8, 4) is 0 Å². The van der Waals surface area contributed by atoms with Crippen LogP contribution in [0.1, 0.15) is 6.42 Å². The molecule has 0 aromatic heterocycles. The van der Waals surface area contributed by atoms with Crippen LogP contribution in [-0.4, -0.2) is 36.3 Å². The van der Waals surface area contributed by atoms with Crippen LogP contribution < -0.4 is 11.1 Å². The van der Waals surface area contributed by atoms with Crippen molar-refractivity contribution in [1.29, 1.82) is 0 Å². The second-order valence-corrected chi connectivity index (χ2v) is 4.31. The van der Waals surface area contributed by atoms with Gasteiger partial charge in [-0.05, 0) is 13.0 Å². The Balaban J connectivity index is 3.51. The van der Waals surface area contributed by atoms with Gasteiger partial charge in [-0.25, -0.2) is 0 Å². The summed E-state index contributed by atoms with van der Waals surface area (Å²) in [6.07, 6.45) is 0.763. The van der Waals surface area contributed by atoms with Crippen LogP contribution >= 0.6 is 0 Å². The van der Waals surface area contributed by atoms with E-state index in [1.807, 2.05) is 0 Å². The zero-order valence-corrected chi connectivity index (χ0v) is 8.00. The molecule has 0 unspecified atom stereocenters. The topological polar surface area (TPSA) is 79.7 Å². The minimum atomic E-state index is -2.79. The molecule has 11 heavy (non-hydrogen) atoms. The lowest BCUT2D eigenvalue weighted by Crippen LogP contribution is -2.54. The first-order valence-corrected chi connectivity index (χ1v) is 5.22. The largest absolute Gasteiger partial charge is 0.593 e. The SMILES string of the molecule is CO[Si](N)(OC)OCCCN. The van der Waals surface area contributed by atoms with Crippen molar-refractivity contribution in [1.82, 2.24) is 0 Å². The van der Waals surface area contributed by atoms with Gasteiger partial charge in [0, 0.05) is 20.8 Å². The first-order chi connectivity index (χ1) is 5.18. The van der Waals surface area contributed by atoms with Gasteiger partial charge in [0.1, 0.15) is 0 Å². The van der Waals surface area contributed by atoms with Gasteiger partial charge in [0.25, 0.3) is 0 Å². The van der Waals surface area contributed by atoms with Crippen LogP contribution in [0.15, 0.2) is 0 Å². The van der Waals surface area contributed by atoms with E-state index in [-0.39, 0.29) is 0 Å². The van der Waals surface area contributed by atoms with Gasteiger partial charge in [-0.2, -0.15) is 0 Å². The summed E-state index contributed by atoms with van der Waals surface area (Å²) in [7, 11) is 0.151. The van der Waals surface area contributed by atoms with E-state index in [2.05, 4.69) is 0 Å². The molecular formula is C5H16N2O3Si. The van der Waals surface area contributed by atoms with Crippen LogP contribution in [0, 0.1) is 0 Å². The molecule has 0 spiro atoms. The number of hydrogen-bond donors (Lipinski definition) is 2. The van der Waals surface area contributed by atoms with E-state index >= 15 is 0 Å². The van der Waals surface area contributed by atoms with Crippen molar-refractivity contribution in [3.63, 3.8) is 0 Å². The van der Waals surface area contributed by atoms with Gasteiger partial charge in [0.2, 0.25) is 0 Å². The van der Waals surface area contributed by atoms with Crippen LogP contribution in [-0.2, 0) is 13.3 Å². The van der Waals surface area contributed by atoms with Gasteiger partial charge in [-0.15, -0.1) is 0 Å². The van der Waals surface area contributed by atoms with E-state index in [1.54, 1.807) is 0 Å². The summed E-state index contributed by atoms with van der Waals surface area (Å²) in [4.78, 5) is 0. The highest BCUT2D eigenvalue weighted by atomic mass is 28.4. The van der Waals surface area contributed by atoms with Gasteiger partial charge in [0.15, 0.2) is 0 Å². The Kier molecular flexibility index (Phi) is 5.65. The van der Waals surface area contributed by atoms with E-state index in [9.17, 15) is 0 Å². The van der Waals surface area contributed by atoms with E-state index in [0.717, 1.165) is 6.42 Å². The van der Waals surface area contributed by atoms with Gasteiger partial charge < -0.3 is 19.0 Å². The highest BCUT2D eigenvalue weighted by Gasteiger charge is 2.34. The quantitative estimate of drug-likeness (QED) is 0.406. The standard InChI is InChI=1S/C5H16N2O3Si/c1-8-11(7,9-2)10-5-3-4-6/h3-7H2,1-2H3. The van der Waals surface area contributed by atoms with E-state index in [1.165, 1.54) is 14.2 Å². The number of rotatable bonds is 6. The Hall–Kier alpha value is 0.0169. The van der Waals surface area contributed by atoms with Crippen LogP contribution in [0.25, 0.3) is 0 Å². The van der Waals surface area contributed by atoms with E-state index in [4.69, 9.17) is 24.4 Å². The minimum Gasteiger partial charge on any atom is -0.365 e. The molecule has 0 radical (unpaired) electrons. The first kappa shape index (κ1) is 11.0. The molecule has 5 nitrogen and oxygen atoms in total. The molecule has 0 heterocycles. The third-order valence-corrected chi connectivity index (χ3v) is 2.97. The lowest BCUT2D eigenvalue weighted by Gasteiger charge is -2.20. The summed E-state index contributed by atoms with van der Waals surface area (Å²) in [5.74, 6) is 0. The van der Waals surface area contributed by atoms with Crippen molar-refractivity contribution in [2.45, 2.75) is 6.42 Å². The molecule has 0 bridgehead atoms. The van der Waals surface area contributed by atoms with Gasteiger partial charge in [-0.3, -0.25) is 5.40 Å². The molecule has 0 aliphatic rings. The van der Waals surface area contributed by atoms with Crippen molar-refractivity contribution < 1.29 is 13.3 Å². The van der Waals surface area contributed by atoms with Gasteiger partial charge in [0.05, 0.1) is 0 Å². The summed E-state index contributed by atoms with van der Waals surface area (Å²) >= 11 is 0. The number of hydrogen-bond acceptors (Lipinski definition) is 5. The fourth-order valence-corrected chi connectivity index (χ4v) is 1.33. The van der Waals surface area contributed by atoms with Crippen molar-refractivity contribution in [2.24, 2.45) is 11.1 Å². The molecule has 0 aromatic rings. The maximum Gasteiger partial charge on any atom is 0.593 e. The third-order valence-electron chi connectivity index (χ3n) is 1.22. The lowest BCUT2D eigenvalue weighted by atomic mass is 10.5. The summed E-state index contributed by atoms with van der Waals surface area (Å²) in [5, 5.41) is 5.57. The van der Waals surface area contributed by atoms with Gasteiger partial charge >= 0.3 is 8.97 Å². The van der Waals surface area contributed by atoms with Gasteiger partial charge in [-0.1, -0.05) is 0 Å². The average molecular weight is 180 g/mol. The zero-order chi connectivity index (χ0) is 8.74. The fourth-order valence-electron chi connectivity index (χ4n) is 0.499. The second kappa shape index (κ2) is 5.64. The smallest absolute Gasteiger partial charge is 0.365 e. The van der Waals surface area contributed by atoms with Crippen molar-refractivity contribution >= 4 is 8.97 Å². The molecule has 0 aliphatic carbocycles. The zero-order valence-electron chi connectivity index (χ0n) is 7.00. The highest BCUT2D eigenvalue weighted by molar-refractivity contribution is 6.56. The molecule has 0 rings (SSSR count). The molecule has 68 valence electrons. The Labute approximate surface area is 68.1 Å². The molecule has 0 aliphatic heterocycles. The Bertz CT molecular complexity index is 99.7. The predicted molar refractivity (Wildman–Crippen MR) is 43.6 cm³/mol. The van der Waals surface area contributed by atoms with Crippen molar-refractivity contribution in [3.05, 3.63) is 0 Å². The molecule has 0 atom stereocenters. The minimum absolute atomic E-state index is 0.487. The normalized spacial score (nSPS) is 12.0. The van der Waals surface area contributed by atoms with E-state index in [0.29, 0.717) is 13.2 Å². The summed E-state index contributed by atoms with van der Waals surface area (Å²) in [6.45, 7) is 1.07. The summed E-state index contributed by atoms with van der Waals surface area (Å²) in [5.41, 5.74) is 5.25. The third kappa shape index (κ3) is 4.46. The van der Waals surface area contributed by atoms with Crippen molar-refractivity contribution in [2.75, 3.05) is 27.4 Å². The van der Waals surface area contributed by atoms with Crippen LogP contribution in [0.2, 0.25) is 0 Å². The van der Waals surface area contributed by atoms with Crippen LogP contribution in [0.4, 0.5) is 0 Å². The molecule has 6 heteroatoms. The monoisotopic (exact) mass is 180 g/mol. The summed E-state index contributed by atoms with van der Waals surface area (Å²) in [6, 6.07) is 0. The Morgan fingerprint density at radius 1 is 1.27 bits per heavy atom. The maximum atomic E-state index is 5.57. The molecule has 0 amide bonds. The molecule has 0 saturated carbocycles. The molecular weight excluding hydrogens is 164 g/mol. The van der Waals surface area contributed by atoms with E-state index < -0.39 is 8.97 Å². The molecule has 4 N–H and O–H groups in total. The molecule has 0 fully saturated rings. The summed E-state index contributed by atoms with van der Waals surface area (Å²) < 4.78 is 14.9. The Morgan fingerprint density at radius 2 is 1.82 bits per heavy atom. The second-order valence-electron chi connectivity index (χ2n) is 2.00. The van der Waals surface area contributed by atoms with Crippen LogP contribution in [0.3, 0.4) is 0 Å². The fraction of sp³-hybridized carbons (Fsp3) is 1.00. The van der Waals surface area contributed by atoms with Crippen LogP contribution in [0.5, 0.6) is 0 Å². The first-order valence-electron chi connectivity index (χ1n) is 3.41. The molecule has 0 saturated heterocycles. The Morgan fingerprint density at radius 3 is 2.18 bits per heavy atom. The maximum absolute atomic E-state index is 5.57. The highest BCUT2D eigenvalue weighted by Crippen LogP contribution is 1.98. The lowest BCUT2D eigenvalue weighted by molar-refractivity contribution is 0.0989. The molecule has 0 aromatic carbocycles. The predicted octanol–water partition coefficient (Wildman–Crippen LogP) is -0.961.